The van der Waals surface area contributed by atoms with Gasteiger partial charge in [-0.2, -0.15) is 0 Å². The Balaban J connectivity index is 1.65. The lowest BCUT2D eigenvalue weighted by atomic mass is 9.73. The Morgan fingerprint density at radius 3 is 2.74 bits per heavy atom. The number of aryl methyl sites for hydroxylation is 1. The topological polar surface area (TPSA) is 85.0 Å². The van der Waals surface area contributed by atoms with Gasteiger partial charge in [-0.05, 0) is 81.5 Å². The van der Waals surface area contributed by atoms with Crippen molar-refractivity contribution in [2.45, 2.75) is 76.4 Å². The first-order chi connectivity index (χ1) is 18.4. The molecule has 38 heavy (non-hydrogen) atoms. The number of likely N-dealkylation sites (tertiary alicyclic amines) is 1. The third-order valence-corrected chi connectivity index (χ3v) is 8.64. The monoisotopic (exact) mass is 542 g/mol. The van der Waals surface area contributed by atoms with Crippen LogP contribution in [0.2, 0.25) is 5.02 Å². The predicted octanol–water partition coefficient (Wildman–Crippen LogP) is 6.07. The molecule has 1 aliphatic carbocycles. The summed E-state index contributed by atoms with van der Waals surface area (Å²) < 4.78 is 11.7. The minimum absolute atomic E-state index is 0.00514. The number of para-hydroxylation sites is 1. The number of piperidine rings is 1. The lowest BCUT2D eigenvalue weighted by molar-refractivity contribution is -0.141. The lowest BCUT2D eigenvalue weighted by Gasteiger charge is -2.44. The Morgan fingerprint density at radius 1 is 1.18 bits per heavy atom. The largest absolute Gasteiger partial charge is 0.455 e. The summed E-state index contributed by atoms with van der Waals surface area (Å²) in [6.45, 7) is 3.98. The van der Waals surface area contributed by atoms with Gasteiger partial charge in [-0.25, -0.2) is 0 Å². The zero-order valence-electron chi connectivity index (χ0n) is 22.8. The molecule has 2 aromatic carbocycles. The number of halogens is 1. The third kappa shape index (κ3) is 6.71. The van der Waals surface area contributed by atoms with E-state index in [-0.39, 0.29) is 23.8 Å². The molecule has 6 nitrogen and oxygen atoms in total. The van der Waals surface area contributed by atoms with Crippen molar-refractivity contribution in [1.82, 2.24) is 4.90 Å². The summed E-state index contributed by atoms with van der Waals surface area (Å²) in [6.07, 6.45) is 7.23. The quantitative estimate of drug-likeness (QED) is 0.337. The van der Waals surface area contributed by atoms with Crippen molar-refractivity contribution in [3.63, 3.8) is 0 Å². The number of ether oxygens (including phenoxy) is 2. The van der Waals surface area contributed by atoms with Crippen LogP contribution >= 0.6 is 11.6 Å². The molecule has 4 rings (SSSR count). The van der Waals surface area contributed by atoms with Crippen molar-refractivity contribution in [3.8, 4) is 11.5 Å². The van der Waals surface area contributed by atoms with E-state index in [1.165, 1.54) is 5.56 Å². The number of hydrogen-bond acceptors (Lipinski definition) is 5. The van der Waals surface area contributed by atoms with Crippen molar-refractivity contribution >= 4 is 17.5 Å². The van der Waals surface area contributed by atoms with Crippen molar-refractivity contribution in [2.75, 3.05) is 26.8 Å². The van der Waals surface area contributed by atoms with Gasteiger partial charge in [0.25, 0.3) is 0 Å². The van der Waals surface area contributed by atoms with Gasteiger partial charge in [0.05, 0.1) is 10.6 Å². The molecule has 0 spiro atoms. The molecule has 2 aliphatic rings. The second kappa shape index (κ2) is 13.3. The second-order valence-electron chi connectivity index (χ2n) is 11.0. The highest BCUT2D eigenvalue weighted by Gasteiger charge is 2.44. The fraction of sp³-hybridized carbons (Fsp3) is 0.581. The molecular formula is C31H43ClN2O4. The van der Waals surface area contributed by atoms with E-state index >= 15 is 0 Å². The number of methoxy groups -OCH3 is 1. The molecule has 3 N–H and O–H groups in total. The number of hydrogen-bond donors (Lipinski definition) is 2. The first-order valence-electron chi connectivity index (χ1n) is 14.2. The van der Waals surface area contributed by atoms with Crippen molar-refractivity contribution in [2.24, 2.45) is 17.6 Å². The molecule has 1 saturated carbocycles. The smallest absolute Gasteiger partial charge is 0.225 e. The number of unbranched alkanes of at least 4 members (excludes halogenated alkanes) is 1. The number of carbonyl (C=O) groups is 1. The van der Waals surface area contributed by atoms with E-state index in [0.29, 0.717) is 41.7 Å². The Morgan fingerprint density at radius 2 is 2.00 bits per heavy atom. The van der Waals surface area contributed by atoms with Gasteiger partial charge in [0.2, 0.25) is 5.91 Å². The molecule has 0 radical (unpaired) electrons. The van der Waals surface area contributed by atoms with Crippen LogP contribution in [0.1, 0.15) is 69.4 Å². The lowest BCUT2D eigenvalue weighted by Crippen LogP contribution is -2.49. The van der Waals surface area contributed by atoms with Crippen LogP contribution in [0.5, 0.6) is 11.5 Å². The van der Waals surface area contributed by atoms with Crippen molar-refractivity contribution < 1.29 is 19.4 Å². The maximum absolute atomic E-state index is 13.4. The Labute approximate surface area is 232 Å². The number of benzene rings is 2. The number of rotatable bonds is 11. The van der Waals surface area contributed by atoms with Gasteiger partial charge >= 0.3 is 0 Å². The maximum atomic E-state index is 13.4. The Hall–Kier alpha value is -2.12. The van der Waals surface area contributed by atoms with Crippen LogP contribution in [0.4, 0.5) is 0 Å². The Bertz CT molecular complexity index is 1080. The number of aliphatic hydroxyl groups is 1. The van der Waals surface area contributed by atoms with Gasteiger partial charge in [0, 0.05) is 50.2 Å². The van der Waals surface area contributed by atoms with Crippen LogP contribution in [-0.2, 0) is 21.6 Å². The average Bonchev–Trinajstić information content (AvgIpc) is 3.38. The minimum atomic E-state index is -1.21. The molecule has 0 bridgehead atoms. The van der Waals surface area contributed by atoms with E-state index in [1.807, 2.05) is 35.2 Å². The standard InChI is InChI=1S/C31H43ClN2O4/c1-3-22-9-6-11-26(19-22)38-29-27(12-7-13-28(29)32)31(36,16-4-5-18-37-2)24-10-8-17-34(21-24)30(35)23-14-15-25(33)20-23/h6-7,9,11-13,19,23-25,36H,3-5,8,10,14-18,20-21,33H2,1-2H3/t23-,24-,25+,31+/m1/s1. The van der Waals surface area contributed by atoms with Crippen LogP contribution in [0.3, 0.4) is 0 Å². The molecule has 208 valence electrons. The summed E-state index contributed by atoms with van der Waals surface area (Å²) in [5.74, 6) is 1.22. The van der Waals surface area contributed by atoms with Crippen LogP contribution in [-0.4, -0.2) is 48.8 Å². The number of nitrogens with zero attached hydrogens (tertiary/aromatic N) is 1. The second-order valence-corrected chi connectivity index (χ2v) is 11.4. The number of nitrogens with two attached hydrogens (primary N) is 1. The van der Waals surface area contributed by atoms with Crippen LogP contribution in [0, 0.1) is 11.8 Å². The van der Waals surface area contributed by atoms with Crippen LogP contribution < -0.4 is 10.5 Å². The summed E-state index contributed by atoms with van der Waals surface area (Å²) in [4.78, 5) is 15.4. The van der Waals surface area contributed by atoms with E-state index in [2.05, 4.69) is 13.0 Å². The molecule has 7 heteroatoms. The summed E-state index contributed by atoms with van der Waals surface area (Å²) in [5, 5.41) is 13.0. The molecule has 0 unspecified atom stereocenters. The SMILES string of the molecule is CCc1cccc(Oc2c(Cl)cccc2[C@](O)(CCCCOC)[C@@H]2CCCN(C(=O)[C@@H]3CC[C@H](N)C3)C2)c1. The Kier molecular flexibility index (Phi) is 10.1. The molecule has 2 aromatic rings. The molecule has 1 aliphatic heterocycles. The van der Waals surface area contributed by atoms with Gasteiger partial charge in [-0.15, -0.1) is 0 Å². The minimum Gasteiger partial charge on any atom is -0.455 e. The fourth-order valence-corrected chi connectivity index (χ4v) is 6.38. The van der Waals surface area contributed by atoms with Gasteiger partial charge < -0.3 is 25.2 Å². The maximum Gasteiger partial charge on any atom is 0.225 e. The summed E-state index contributed by atoms with van der Waals surface area (Å²) in [7, 11) is 1.69. The molecule has 1 amide bonds. The van der Waals surface area contributed by atoms with Gasteiger partial charge in [-0.1, -0.05) is 42.8 Å². The highest BCUT2D eigenvalue weighted by atomic mass is 35.5. The summed E-state index contributed by atoms with van der Waals surface area (Å²) in [6, 6.07) is 13.7. The normalized spacial score (nSPS) is 23.3. The molecule has 1 saturated heterocycles. The molecule has 2 fully saturated rings. The average molecular weight is 543 g/mol. The summed E-state index contributed by atoms with van der Waals surface area (Å²) >= 11 is 6.73. The zero-order chi connectivity index (χ0) is 27.1. The first-order valence-corrected chi connectivity index (χ1v) is 14.5. The highest BCUT2D eigenvalue weighted by molar-refractivity contribution is 6.32. The van der Waals surface area contributed by atoms with E-state index < -0.39 is 5.60 Å². The predicted molar refractivity (Wildman–Crippen MR) is 152 cm³/mol. The van der Waals surface area contributed by atoms with E-state index in [1.54, 1.807) is 13.2 Å². The molecule has 4 atom stereocenters. The third-order valence-electron chi connectivity index (χ3n) is 8.35. The number of carbonyl (C=O) groups excluding carboxylic acids is 1. The molecule has 1 heterocycles. The molecule has 0 aromatic heterocycles. The van der Waals surface area contributed by atoms with E-state index in [4.69, 9.17) is 26.8 Å². The van der Waals surface area contributed by atoms with Gasteiger partial charge in [0.1, 0.15) is 5.75 Å². The fourth-order valence-electron chi connectivity index (χ4n) is 6.17. The van der Waals surface area contributed by atoms with Crippen LogP contribution in [0.15, 0.2) is 42.5 Å². The van der Waals surface area contributed by atoms with Crippen molar-refractivity contribution in [1.29, 1.82) is 0 Å². The van der Waals surface area contributed by atoms with Crippen molar-refractivity contribution in [3.05, 3.63) is 58.6 Å². The molecular weight excluding hydrogens is 500 g/mol. The highest BCUT2D eigenvalue weighted by Crippen LogP contribution is 2.47. The van der Waals surface area contributed by atoms with E-state index in [0.717, 1.165) is 57.9 Å². The van der Waals surface area contributed by atoms with Crippen LogP contribution in [0.25, 0.3) is 0 Å². The summed E-state index contributed by atoms with van der Waals surface area (Å²) in [5.41, 5.74) is 6.75. The number of amides is 1. The zero-order valence-corrected chi connectivity index (χ0v) is 23.6. The van der Waals surface area contributed by atoms with Gasteiger partial charge in [-0.3, -0.25) is 4.79 Å². The van der Waals surface area contributed by atoms with Gasteiger partial charge in [0.15, 0.2) is 5.75 Å². The van der Waals surface area contributed by atoms with E-state index in [9.17, 15) is 9.90 Å². The first kappa shape index (κ1) is 28.9.